The Morgan fingerprint density at radius 2 is 2.20 bits per heavy atom. The maximum Gasteiger partial charge on any atom is 0.0477 e. The van der Waals surface area contributed by atoms with Gasteiger partial charge in [0.15, 0.2) is 0 Å². The predicted molar refractivity (Wildman–Crippen MR) is 69.1 cm³/mol. The van der Waals surface area contributed by atoms with E-state index in [0.717, 1.165) is 17.0 Å². The summed E-state index contributed by atoms with van der Waals surface area (Å²) in [5.41, 5.74) is 9.04. The van der Waals surface area contributed by atoms with Gasteiger partial charge >= 0.3 is 0 Å². The van der Waals surface area contributed by atoms with E-state index in [9.17, 15) is 0 Å². The van der Waals surface area contributed by atoms with E-state index in [1.807, 2.05) is 23.9 Å². The first kappa shape index (κ1) is 10.4. The van der Waals surface area contributed by atoms with Crippen molar-refractivity contribution in [3.8, 4) is 0 Å². The predicted octanol–water partition coefficient (Wildman–Crippen LogP) is 3.39. The van der Waals surface area contributed by atoms with E-state index in [2.05, 4.69) is 31.1 Å². The van der Waals surface area contributed by atoms with Gasteiger partial charge in [-0.25, -0.2) is 0 Å². The van der Waals surface area contributed by atoms with Crippen LogP contribution in [0, 0.1) is 0 Å². The number of hydrogen-bond donors (Lipinski definition) is 2. The average molecular weight is 220 g/mol. The van der Waals surface area contributed by atoms with E-state index >= 15 is 0 Å². The minimum atomic E-state index is 0.670. The topological polar surface area (TPSA) is 41.8 Å². The summed E-state index contributed by atoms with van der Waals surface area (Å²) in [6.45, 7) is 4.44. The summed E-state index contributed by atoms with van der Waals surface area (Å²) in [5, 5.41) is 1.96. The van der Waals surface area contributed by atoms with Crippen LogP contribution in [0.4, 0.5) is 5.69 Å². The lowest BCUT2D eigenvalue weighted by atomic mass is 10.2. The van der Waals surface area contributed by atoms with Crippen LogP contribution in [-0.2, 0) is 5.75 Å². The maximum absolute atomic E-state index is 5.73. The Morgan fingerprint density at radius 1 is 1.40 bits per heavy atom. The second-order valence-electron chi connectivity index (χ2n) is 3.98. The molecular formula is C12H16N2S. The van der Waals surface area contributed by atoms with Gasteiger partial charge in [0.05, 0.1) is 0 Å². The zero-order chi connectivity index (χ0) is 10.8. The molecule has 2 aromatic rings. The molecule has 80 valence electrons. The third-order valence-electron chi connectivity index (χ3n) is 2.36. The molecule has 1 heterocycles. The number of H-pyrrole nitrogens is 1. The van der Waals surface area contributed by atoms with E-state index in [4.69, 9.17) is 5.73 Å². The Kier molecular flexibility index (Phi) is 2.91. The average Bonchev–Trinajstić information content (AvgIpc) is 2.57. The molecule has 0 aliphatic rings. The van der Waals surface area contributed by atoms with Crippen molar-refractivity contribution in [3.63, 3.8) is 0 Å². The molecule has 2 rings (SSSR count). The van der Waals surface area contributed by atoms with Crippen LogP contribution in [0.2, 0.25) is 0 Å². The summed E-state index contributed by atoms with van der Waals surface area (Å²) >= 11 is 1.96. The third-order valence-corrected chi connectivity index (χ3v) is 3.51. The van der Waals surface area contributed by atoms with Gasteiger partial charge in [-0.1, -0.05) is 19.9 Å². The minimum absolute atomic E-state index is 0.670. The van der Waals surface area contributed by atoms with E-state index in [-0.39, 0.29) is 0 Å². The van der Waals surface area contributed by atoms with Gasteiger partial charge in [0, 0.05) is 28.5 Å². The SMILES string of the molecule is CC(C)SCc1c[nH]c2cc(N)ccc12. The number of thioether (sulfide) groups is 1. The number of hydrogen-bond acceptors (Lipinski definition) is 2. The summed E-state index contributed by atoms with van der Waals surface area (Å²) in [5.74, 6) is 1.06. The third kappa shape index (κ3) is 2.29. The Hall–Kier alpha value is -1.09. The van der Waals surface area contributed by atoms with Gasteiger partial charge in [-0.3, -0.25) is 0 Å². The van der Waals surface area contributed by atoms with Crippen LogP contribution in [-0.4, -0.2) is 10.2 Å². The normalized spacial score (nSPS) is 11.4. The highest BCUT2D eigenvalue weighted by molar-refractivity contribution is 7.99. The Morgan fingerprint density at radius 3 is 2.93 bits per heavy atom. The molecule has 15 heavy (non-hydrogen) atoms. The number of nitrogens with two attached hydrogens (primary N) is 1. The van der Waals surface area contributed by atoms with Crippen LogP contribution in [0.5, 0.6) is 0 Å². The molecule has 3 heteroatoms. The van der Waals surface area contributed by atoms with Crippen LogP contribution in [0.15, 0.2) is 24.4 Å². The fraction of sp³-hybridized carbons (Fsp3) is 0.333. The highest BCUT2D eigenvalue weighted by atomic mass is 32.2. The van der Waals surface area contributed by atoms with Crippen molar-refractivity contribution < 1.29 is 0 Å². The summed E-state index contributed by atoms with van der Waals surface area (Å²) in [4.78, 5) is 3.26. The monoisotopic (exact) mass is 220 g/mol. The van der Waals surface area contributed by atoms with E-state index in [1.54, 1.807) is 0 Å². The van der Waals surface area contributed by atoms with Gasteiger partial charge < -0.3 is 10.7 Å². The number of nitrogen functional groups attached to an aromatic ring is 1. The minimum Gasteiger partial charge on any atom is -0.399 e. The van der Waals surface area contributed by atoms with Crippen molar-refractivity contribution in [2.24, 2.45) is 0 Å². The largest absolute Gasteiger partial charge is 0.399 e. The van der Waals surface area contributed by atoms with Crippen molar-refractivity contribution in [1.29, 1.82) is 0 Å². The number of benzene rings is 1. The first-order valence-electron chi connectivity index (χ1n) is 5.14. The lowest BCUT2D eigenvalue weighted by Gasteiger charge is -2.03. The molecule has 0 unspecified atom stereocenters. The van der Waals surface area contributed by atoms with Crippen LogP contribution in [0.1, 0.15) is 19.4 Å². The first-order chi connectivity index (χ1) is 7.16. The molecular weight excluding hydrogens is 204 g/mol. The van der Waals surface area contributed by atoms with Crippen molar-refractivity contribution in [2.75, 3.05) is 5.73 Å². The molecule has 0 amide bonds. The molecule has 0 saturated heterocycles. The number of aromatic amines is 1. The number of nitrogens with one attached hydrogen (secondary N) is 1. The Bertz CT molecular complexity index is 460. The quantitative estimate of drug-likeness (QED) is 0.778. The summed E-state index contributed by atoms with van der Waals surface area (Å²) in [6.07, 6.45) is 2.08. The lowest BCUT2D eigenvalue weighted by molar-refractivity contribution is 1.11. The van der Waals surface area contributed by atoms with Crippen molar-refractivity contribution in [1.82, 2.24) is 4.98 Å². The standard InChI is InChI=1S/C12H16N2S/c1-8(2)15-7-9-6-14-12-5-10(13)3-4-11(9)12/h3-6,8,14H,7,13H2,1-2H3. The number of fused-ring (bicyclic) bond motifs is 1. The molecule has 0 fully saturated rings. The maximum atomic E-state index is 5.73. The summed E-state index contributed by atoms with van der Waals surface area (Å²) in [6, 6.07) is 6.04. The molecule has 0 radical (unpaired) electrons. The smallest absolute Gasteiger partial charge is 0.0477 e. The first-order valence-corrected chi connectivity index (χ1v) is 6.19. The molecule has 1 aromatic heterocycles. The fourth-order valence-corrected chi connectivity index (χ4v) is 2.33. The molecule has 0 bridgehead atoms. The van der Waals surface area contributed by atoms with Crippen LogP contribution >= 0.6 is 11.8 Å². The second-order valence-corrected chi connectivity index (χ2v) is 5.54. The molecule has 0 atom stereocenters. The van der Waals surface area contributed by atoms with Gasteiger partial charge in [0.25, 0.3) is 0 Å². The van der Waals surface area contributed by atoms with Gasteiger partial charge in [-0.15, -0.1) is 0 Å². The van der Waals surface area contributed by atoms with E-state index in [1.165, 1.54) is 10.9 Å². The molecule has 3 N–H and O–H groups in total. The van der Waals surface area contributed by atoms with Gasteiger partial charge in [-0.05, 0) is 22.9 Å². The summed E-state index contributed by atoms with van der Waals surface area (Å²) < 4.78 is 0. The molecule has 2 nitrogen and oxygen atoms in total. The molecule has 0 aliphatic heterocycles. The van der Waals surface area contributed by atoms with Gasteiger partial charge in [-0.2, -0.15) is 11.8 Å². The zero-order valence-corrected chi connectivity index (χ0v) is 9.90. The molecule has 0 spiro atoms. The molecule has 1 aromatic carbocycles. The van der Waals surface area contributed by atoms with E-state index < -0.39 is 0 Å². The zero-order valence-electron chi connectivity index (χ0n) is 9.08. The number of aromatic nitrogens is 1. The fourth-order valence-electron chi connectivity index (χ4n) is 1.58. The van der Waals surface area contributed by atoms with Crippen LogP contribution in [0.3, 0.4) is 0 Å². The van der Waals surface area contributed by atoms with Crippen LogP contribution in [0.25, 0.3) is 10.9 Å². The van der Waals surface area contributed by atoms with Gasteiger partial charge in [0.1, 0.15) is 0 Å². The Balaban J connectivity index is 2.29. The van der Waals surface area contributed by atoms with E-state index in [0.29, 0.717) is 5.25 Å². The number of rotatable bonds is 3. The highest BCUT2D eigenvalue weighted by Gasteiger charge is 2.04. The van der Waals surface area contributed by atoms with Crippen LogP contribution < -0.4 is 5.73 Å². The number of anilines is 1. The lowest BCUT2D eigenvalue weighted by Crippen LogP contribution is -1.88. The van der Waals surface area contributed by atoms with Crippen molar-refractivity contribution in [2.45, 2.75) is 24.9 Å². The Labute approximate surface area is 94.2 Å². The molecule has 0 aliphatic carbocycles. The highest BCUT2D eigenvalue weighted by Crippen LogP contribution is 2.25. The second kappa shape index (κ2) is 4.19. The summed E-state index contributed by atoms with van der Waals surface area (Å²) in [7, 11) is 0. The van der Waals surface area contributed by atoms with Crippen molar-refractivity contribution >= 4 is 28.4 Å². The molecule has 0 saturated carbocycles. The van der Waals surface area contributed by atoms with Crippen molar-refractivity contribution in [3.05, 3.63) is 30.0 Å². The van der Waals surface area contributed by atoms with Gasteiger partial charge in [0.2, 0.25) is 0 Å².